The molecular formula is C25H32ClN3O4S. The van der Waals surface area contributed by atoms with E-state index in [1.165, 1.54) is 30.1 Å². The summed E-state index contributed by atoms with van der Waals surface area (Å²) in [6.45, 7) is 4.86. The Morgan fingerprint density at radius 3 is 2.59 bits per heavy atom. The number of amides is 1. The lowest BCUT2D eigenvalue weighted by Gasteiger charge is -2.37. The zero-order chi connectivity index (χ0) is 24.3. The van der Waals surface area contributed by atoms with Gasteiger partial charge in [0.25, 0.3) is 0 Å². The molecule has 2 fully saturated rings. The average Bonchev–Trinajstić information content (AvgIpc) is 3.27. The van der Waals surface area contributed by atoms with Crippen LogP contribution in [0.15, 0.2) is 47.4 Å². The molecule has 184 valence electrons. The molecule has 2 aromatic carbocycles. The van der Waals surface area contributed by atoms with Crippen LogP contribution in [0.25, 0.3) is 0 Å². The van der Waals surface area contributed by atoms with Crippen LogP contribution in [0.4, 0.5) is 5.69 Å². The van der Waals surface area contributed by atoms with Gasteiger partial charge in [-0.25, -0.2) is 12.7 Å². The molecule has 1 aliphatic carbocycles. The number of nitrogens with zero attached hydrogens (tertiary/aromatic N) is 2. The lowest BCUT2D eigenvalue weighted by atomic mass is 9.82. The first-order valence-electron chi connectivity index (χ1n) is 11.7. The number of halogens is 1. The highest BCUT2D eigenvalue weighted by Gasteiger charge is 2.35. The van der Waals surface area contributed by atoms with Gasteiger partial charge in [-0.2, -0.15) is 0 Å². The molecule has 1 aliphatic heterocycles. The van der Waals surface area contributed by atoms with E-state index in [9.17, 15) is 13.2 Å². The number of rotatable bonds is 9. The Morgan fingerprint density at radius 1 is 1.18 bits per heavy atom. The molecule has 9 heteroatoms. The first-order valence-corrected chi connectivity index (χ1v) is 13.5. The molecule has 0 atom stereocenters. The van der Waals surface area contributed by atoms with Crippen LogP contribution in [0.1, 0.15) is 38.2 Å². The number of benzene rings is 2. The van der Waals surface area contributed by atoms with Gasteiger partial charge in [-0.05, 0) is 74.5 Å². The summed E-state index contributed by atoms with van der Waals surface area (Å²) >= 11 is 6.64. The van der Waals surface area contributed by atoms with Gasteiger partial charge in [0.15, 0.2) is 0 Å². The summed E-state index contributed by atoms with van der Waals surface area (Å²) in [6.07, 6.45) is 4.06. The summed E-state index contributed by atoms with van der Waals surface area (Å²) in [5, 5.41) is 3.30. The molecule has 1 saturated heterocycles. The van der Waals surface area contributed by atoms with Gasteiger partial charge in [0.1, 0.15) is 5.75 Å². The fraction of sp³-hybridized carbons (Fsp3) is 0.480. The van der Waals surface area contributed by atoms with Crippen molar-refractivity contribution < 1.29 is 17.9 Å². The second-order valence-electron chi connectivity index (χ2n) is 9.28. The summed E-state index contributed by atoms with van der Waals surface area (Å²) in [4.78, 5) is 13.9. The maximum atomic E-state index is 13.0. The van der Waals surface area contributed by atoms with Gasteiger partial charge in [-0.3, -0.25) is 9.69 Å². The lowest BCUT2D eigenvalue weighted by Crippen LogP contribution is -2.41. The van der Waals surface area contributed by atoms with E-state index in [0.717, 1.165) is 38.0 Å². The molecule has 2 aliphatic rings. The van der Waals surface area contributed by atoms with Crippen molar-refractivity contribution in [2.45, 2.75) is 50.2 Å². The van der Waals surface area contributed by atoms with Crippen LogP contribution in [0.5, 0.6) is 5.75 Å². The van der Waals surface area contributed by atoms with Crippen LogP contribution < -0.4 is 10.1 Å². The molecule has 0 radical (unpaired) electrons. The number of carbonyl (C=O) groups is 1. The zero-order valence-corrected chi connectivity index (χ0v) is 21.2. The van der Waals surface area contributed by atoms with Gasteiger partial charge in [0.2, 0.25) is 15.9 Å². The number of sulfonamides is 1. The van der Waals surface area contributed by atoms with E-state index in [-0.39, 0.29) is 22.8 Å². The molecule has 2 aromatic rings. The van der Waals surface area contributed by atoms with Crippen LogP contribution in [-0.4, -0.2) is 56.3 Å². The number of nitrogens with one attached hydrogen (secondary N) is 1. The van der Waals surface area contributed by atoms with Crippen LogP contribution in [0.3, 0.4) is 0 Å². The molecule has 0 bridgehead atoms. The maximum absolute atomic E-state index is 13.0. The maximum Gasteiger partial charge on any atom is 0.242 e. The second kappa shape index (κ2) is 10.6. The van der Waals surface area contributed by atoms with Crippen molar-refractivity contribution in [3.63, 3.8) is 0 Å². The quantitative estimate of drug-likeness (QED) is 0.547. The predicted molar refractivity (Wildman–Crippen MR) is 134 cm³/mol. The number of anilines is 1. The Bertz CT molecular complexity index is 1130. The fourth-order valence-corrected chi connectivity index (χ4v) is 6.15. The summed E-state index contributed by atoms with van der Waals surface area (Å²) in [6, 6.07) is 12.3. The molecule has 1 amide bonds. The Hall–Kier alpha value is -2.13. The van der Waals surface area contributed by atoms with Crippen molar-refractivity contribution in [2.75, 3.05) is 32.0 Å². The largest absolute Gasteiger partial charge is 0.489 e. The highest BCUT2D eigenvalue weighted by Crippen LogP contribution is 2.37. The van der Waals surface area contributed by atoms with E-state index in [4.69, 9.17) is 16.3 Å². The average molecular weight is 506 g/mol. The summed E-state index contributed by atoms with van der Waals surface area (Å²) in [5.41, 5.74) is 1.55. The van der Waals surface area contributed by atoms with E-state index >= 15 is 0 Å². The molecule has 0 aromatic heterocycles. The Balaban J connectivity index is 1.31. The minimum absolute atomic E-state index is 0.0312. The summed E-state index contributed by atoms with van der Waals surface area (Å²) < 4.78 is 33.5. The highest BCUT2D eigenvalue weighted by molar-refractivity contribution is 7.89. The molecule has 0 unspecified atom stereocenters. The normalized spacial score (nSPS) is 20.8. The first kappa shape index (κ1) is 25.0. The zero-order valence-electron chi connectivity index (χ0n) is 19.7. The van der Waals surface area contributed by atoms with Gasteiger partial charge >= 0.3 is 0 Å². The minimum atomic E-state index is -3.65. The Labute approximate surface area is 207 Å². The molecule has 1 heterocycles. The summed E-state index contributed by atoms with van der Waals surface area (Å²) in [5.74, 6) is 0.678. The molecule has 1 N–H and O–H groups in total. The molecule has 4 rings (SSSR count). The van der Waals surface area contributed by atoms with E-state index in [2.05, 4.69) is 16.3 Å². The predicted octanol–water partition coefficient (Wildman–Crippen LogP) is 4.37. The third-order valence-electron chi connectivity index (χ3n) is 6.50. The van der Waals surface area contributed by atoms with E-state index in [1.807, 2.05) is 12.1 Å². The molecule has 0 spiro atoms. The number of carbonyl (C=O) groups excluding carboxylic acids is 1. The topological polar surface area (TPSA) is 79.0 Å². The van der Waals surface area contributed by atoms with Crippen molar-refractivity contribution in [1.29, 1.82) is 0 Å². The van der Waals surface area contributed by atoms with Gasteiger partial charge in [-0.1, -0.05) is 29.8 Å². The van der Waals surface area contributed by atoms with Crippen molar-refractivity contribution in [2.24, 2.45) is 5.92 Å². The van der Waals surface area contributed by atoms with Gasteiger partial charge in [0, 0.05) is 32.7 Å². The summed E-state index contributed by atoms with van der Waals surface area (Å²) in [7, 11) is -2.06. The first-order chi connectivity index (χ1) is 16.2. The van der Waals surface area contributed by atoms with E-state index < -0.39 is 10.0 Å². The number of likely N-dealkylation sites (tertiary alicyclic amines) is 1. The van der Waals surface area contributed by atoms with Gasteiger partial charge < -0.3 is 10.1 Å². The standard InChI is InChI=1S/C25H32ClN3O4S/c1-18(30)27-21-8-6-9-23(15-21)34(31,32)28(2)16-19-13-22(14-19)33-24-10-5-7-20(25(24)26)17-29-11-3-4-12-29/h5-10,15,19,22H,3-4,11-14,16-17H2,1-2H3,(H,27,30). The van der Waals surface area contributed by atoms with Crippen LogP contribution in [0, 0.1) is 5.92 Å². The van der Waals surface area contributed by atoms with Crippen LogP contribution in [-0.2, 0) is 21.4 Å². The van der Waals surface area contributed by atoms with Gasteiger partial charge in [-0.15, -0.1) is 0 Å². The smallest absolute Gasteiger partial charge is 0.242 e. The SMILES string of the molecule is CC(=O)Nc1cccc(S(=O)(=O)N(C)CC2CC(Oc3cccc(CN4CCCC4)c3Cl)C2)c1. The number of ether oxygens (including phenoxy) is 1. The Kier molecular flexibility index (Phi) is 7.82. The lowest BCUT2D eigenvalue weighted by molar-refractivity contribution is -0.114. The second-order valence-corrected chi connectivity index (χ2v) is 11.7. The minimum Gasteiger partial charge on any atom is -0.489 e. The van der Waals surface area contributed by atoms with Crippen LogP contribution >= 0.6 is 11.6 Å². The third kappa shape index (κ3) is 5.92. The monoisotopic (exact) mass is 505 g/mol. The van der Waals surface area contributed by atoms with Crippen molar-refractivity contribution in [3.8, 4) is 5.75 Å². The van der Waals surface area contributed by atoms with Crippen molar-refractivity contribution in [3.05, 3.63) is 53.1 Å². The van der Waals surface area contributed by atoms with Crippen molar-refractivity contribution in [1.82, 2.24) is 9.21 Å². The van der Waals surface area contributed by atoms with Crippen LogP contribution in [0.2, 0.25) is 5.02 Å². The molecule has 34 heavy (non-hydrogen) atoms. The molecular weight excluding hydrogens is 474 g/mol. The number of hydrogen-bond acceptors (Lipinski definition) is 5. The Morgan fingerprint density at radius 2 is 1.88 bits per heavy atom. The fourth-order valence-electron chi connectivity index (χ4n) is 4.63. The van der Waals surface area contributed by atoms with E-state index in [1.54, 1.807) is 25.2 Å². The van der Waals surface area contributed by atoms with Gasteiger partial charge in [0.05, 0.1) is 16.0 Å². The molecule has 1 saturated carbocycles. The molecule has 7 nitrogen and oxygen atoms in total. The van der Waals surface area contributed by atoms with Crippen molar-refractivity contribution >= 4 is 33.2 Å². The number of hydrogen-bond donors (Lipinski definition) is 1. The highest BCUT2D eigenvalue weighted by atomic mass is 35.5. The van der Waals surface area contributed by atoms with E-state index in [0.29, 0.717) is 23.0 Å². The third-order valence-corrected chi connectivity index (χ3v) is 8.75.